The van der Waals surface area contributed by atoms with Gasteiger partial charge in [0, 0.05) is 17.0 Å². The molecule has 1 aromatic heterocycles. The summed E-state index contributed by atoms with van der Waals surface area (Å²) in [6.07, 6.45) is 1.58. The summed E-state index contributed by atoms with van der Waals surface area (Å²) in [7, 11) is 0. The Bertz CT molecular complexity index is 512. The van der Waals surface area contributed by atoms with Gasteiger partial charge in [0.1, 0.15) is 0 Å². The van der Waals surface area contributed by atoms with E-state index in [0.29, 0.717) is 0 Å². The van der Waals surface area contributed by atoms with Crippen LogP contribution in [0.25, 0.3) is 0 Å². The fraction of sp³-hybridized carbons (Fsp3) is 0.357. The second-order valence-corrected chi connectivity index (χ2v) is 5.88. The number of hydrogen-bond donors (Lipinski definition) is 1. The van der Waals surface area contributed by atoms with Crippen LogP contribution in [-0.4, -0.2) is 16.7 Å². The summed E-state index contributed by atoms with van der Waals surface area (Å²) in [5, 5.41) is 13.4. The number of aromatic nitrogens is 1. The van der Waals surface area contributed by atoms with Crippen molar-refractivity contribution in [1.82, 2.24) is 4.98 Å². The van der Waals surface area contributed by atoms with Crippen LogP contribution in [-0.2, 0) is 12.8 Å². The molecule has 0 bridgehead atoms. The minimum atomic E-state index is 0.155. The molecule has 1 atom stereocenters. The maximum atomic E-state index is 9.48. The zero-order chi connectivity index (χ0) is 13.0. The lowest BCUT2D eigenvalue weighted by atomic mass is 9.96. The highest BCUT2D eigenvalue weighted by atomic mass is 35.5. The van der Waals surface area contributed by atoms with E-state index in [4.69, 9.17) is 11.6 Å². The van der Waals surface area contributed by atoms with E-state index in [1.165, 1.54) is 0 Å². The number of nitrogens with zero attached hydrogens (tertiary/aromatic N) is 1. The molecule has 0 fully saturated rings. The van der Waals surface area contributed by atoms with Crippen molar-refractivity contribution in [1.29, 1.82) is 0 Å². The highest BCUT2D eigenvalue weighted by molar-refractivity contribution is 7.09. The predicted octanol–water partition coefficient (Wildman–Crippen LogP) is 3.50. The smallest absolute Gasteiger partial charge is 0.0897 e. The Kier molecular flexibility index (Phi) is 4.75. The molecule has 1 N–H and O–H groups in total. The number of rotatable bonds is 5. The Morgan fingerprint density at radius 1 is 1.33 bits per heavy atom. The van der Waals surface area contributed by atoms with E-state index < -0.39 is 0 Å². The third-order valence-corrected chi connectivity index (χ3v) is 4.08. The Labute approximate surface area is 116 Å². The lowest BCUT2D eigenvalue weighted by Crippen LogP contribution is -2.13. The third kappa shape index (κ3) is 3.55. The molecule has 2 rings (SSSR count). The zero-order valence-electron chi connectivity index (χ0n) is 10.3. The molecule has 0 saturated heterocycles. The number of benzene rings is 1. The monoisotopic (exact) mass is 281 g/mol. The molecule has 1 aromatic carbocycles. The number of halogens is 1. The van der Waals surface area contributed by atoms with Gasteiger partial charge in [-0.2, -0.15) is 0 Å². The highest BCUT2D eigenvalue weighted by Gasteiger charge is 2.13. The lowest BCUT2D eigenvalue weighted by molar-refractivity contribution is 0.224. The van der Waals surface area contributed by atoms with Crippen LogP contribution in [0, 0.1) is 12.8 Å². The molecule has 0 aliphatic rings. The Morgan fingerprint density at radius 2 is 2.11 bits per heavy atom. The van der Waals surface area contributed by atoms with Gasteiger partial charge in [-0.05, 0) is 37.3 Å². The quantitative estimate of drug-likeness (QED) is 0.910. The van der Waals surface area contributed by atoms with E-state index in [0.717, 1.165) is 34.1 Å². The third-order valence-electron chi connectivity index (χ3n) is 2.89. The molecule has 1 unspecified atom stereocenters. The molecule has 0 radical (unpaired) electrons. The van der Waals surface area contributed by atoms with Crippen molar-refractivity contribution < 1.29 is 5.11 Å². The summed E-state index contributed by atoms with van der Waals surface area (Å²) in [6.45, 7) is 2.15. The largest absolute Gasteiger partial charge is 0.396 e. The van der Waals surface area contributed by atoms with E-state index in [-0.39, 0.29) is 12.5 Å². The predicted molar refractivity (Wildman–Crippen MR) is 76.3 cm³/mol. The first-order valence-corrected chi connectivity index (χ1v) is 7.20. The summed E-state index contributed by atoms with van der Waals surface area (Å²) in [5.74, 6) is 0.173. The minimum absolute atomic E-state index is 0.155. The van der Waals surface area contributed by atoms with Gasteiger partial charge < -0.3 is 5.11 Å². The van der Waals surface area contributed by atoms with Crippen LogP contribution in [0.2, 0.25) is 5.02 Å². The van der Waals surface area contributed by atoms with E-state index in [1.54, 1.807) is 11.3 Å². The van der Waals surface area contributed by atoms with Crippen LogP contribution >= 0.6 is 22.9 Å². The average Bonchev–Trinajstić information content (AvgIpc) is 2.76. The molecular weight excluding hydrogens is 266 g/mol. The average molecular weight is 282 g/mol. The molecule has 1 heterocycles. The van der Waals surface area contributed by atoms with E-state index in [9.17, 15) is 5.11 Å². The Balaban J connectivity index is 2.04. The molecule has 96 valence electrons. The molecule has 0 saturated carbocycles. The van der Waals surface area contributed by atoms with Crippen LogP contribution in [0.3, 0.4) is 0 Å². The van der Waals surface area contributed by atoms with Crippen molar-refractivity contribution >= 4 is 22.9 Å². The van der Waals surface area contributed by atoms with Crippen molar-refractivity contribution in [3.63, 3.8) is 0 Å². The fourth-order valence-electron chi connectivity index (χ4n) is 1.97. The SMILES string of the molecule is Cc1nc(CC(CO)Cc2ccccc2Cl)cs1. The van der Waals surface area contributed by atoms with Gasteiger partial charge in [0.25, 0.3) is 0 Å². The maximum Gasteiger partial charge on any atom is 0.0897 e. The van der Waals surface area contributed by atoms with Crippen LogP contribution in [0.4, 0.5) is 0 Å². The van der Waals surface area contributed by atoms with Crippen LogP contribution in [0.1, 0.15) is 16.3 Å². The van der Waals surface area contributed by atoms with Crippen molar-refractivity contribution in [2.45, 2.75) is 19.8 Å². The summed E-state index contributed by atoms with van der Waals surface area (Å²) in [5.41, 5.74) is 2.15. The van der Waals surface area contributed by atoms with E-state index in [1.807, 2.05) is 31.2 Å². The highest BCUT2D eigenvalue weighted by Crippen LogP contribution is 2.21. The van der Waals surface area contributed by atoms with Crippen LogP contribution in [0.15, 0.2) is 29.6 Å². The topological polar surface area (TPSA) is 33.1 Å². The molecule has 0 spiro atoms. The summed E-state index contributed by atoms with van der Waals surface area (Å²) in [6, 6.07) is 7.79. The fourth-order valence-corrected chi connectivity index (χ4v) is 2.81. The second-order valence-electron chi connectivity index (χ2n) is 4.41. The van der Waals surface area contributed by atoms with E-state index in [2.05, 4.69) is 10.4 Å². The van der Waals surface area contributed by atoms with Gasteiger partial charge in [-0.3, -0.25) is 0 Å². The van der Waals surface area contributed by atoms with Crippen molar-refractivity contribution in [2.24, 2.45) is 5.92 Å². The van der Waals surface area contributed by atoms with Crippen LogP contribution in [0.5, 0.6) is 0 Å². The number of aliphatic hydroxyl groups is 1. The first-order valence-electron chi connectivity index (χ1n) is 5.94. The van der Waals surface area contributed by atoms with Crippen molar-refractivity contribution in [2.75, 3.05) is 6.61 Å². The van der Waals surface area contributed by atoms with Gasteiger partial charge in [0.05, 0.1) is 10.7 Å². The standard InChI is InChI=1S/C14H16ClNOS/c1-10-16-13(9-18-10)7-11(8-17)6-12-4-2-3-5-14(12)15/h2-5,9,11,17H,6-8H2,1H3. The first-order chi connectivity index (χ1) is 8.69. The van der Waals surface area contributed by atoms with Gasteiger partial charge >= 0.3 is 0 Å². The first kappa shape index (κ1) is 13.5. The van der Waals surface area contributed by atoms with Gasteiger partial charge in [-0.15, -0.1) is 11.3 Å². The summed E-state index contributed by atoms with van der Waals surface area (Å²) < 4.78 is 0. The maximum absolute atomic E-state index is 9.48. The minimum Gasteiger partial charge on any atom is -0.396 e. The number of hydrogen-bond acceptors (Lipinski definition) is 3. The number of aryl methyl sites for hydroxylation is 1. The normalized spacial score (nSPS) is 12.6. The number of thiazole rings is 1. The molecule has 0 amide bonds. The van der Waals surface area contributed by atoms with Gasteiger partial charge in [0.2, 0.25) is 0 Å². The van der Waals surface area contributed by atoms with E-state index >= 15 is 0 Å². The summed E-state index contributed by atoms with van der Waals surface area (Å²) >= 11 is 7.78. The lowest BCUT2D eigenvalue weighted by Gasteiger charge is -2.13. The molecule has 0 aliphatic carbocycles. The molecular formula is C14H16ClNOS. The molecule has 2 aromatic rings. The Hall–Kier alpha value is -0.900. The zero-order valence-corrected chi connectivity index (χ0v) is 11.8. The van der Waals surface area contributed by atoms with Gasteiger partial charge in [-0.1, -0.05) is 29.8 Å². The molecule has 2 nitrogen and oxygen atoms in total. The van der Waals surface area contributed by atoms with Gasteiger partial charge in [-0.25, -0.2) is 4.98 Å². The number of aliphatic hydroxyl groups excluding tert-OH is 1. The Morgan fingerprint density at radius 3 is 2.72 bits per heavy atom. The second kappa shape index (κ2) is 6.32. The summed E-state index contributed by atoms with van der Waals surface area (Å²) in [4.78, 5) is 4.44. The molecule has 4 heteroatoms. The van der Waals surface area contributed by atoms with Crippen molar-refractivity contribution in [3.8, 4) is 0 Å². The van der Waals surface area contributed by atoms with Crippen molar-refractivity contribution in [3.05, 3.63) is 50.9 Å². The van der Waals surface area contributed by atoms with Gasteiger partial charge in [0.15, 0.2) is 0 Å². The molecule has 18 heavy (non-hydrogen) atoms. The van der Waals surface area contributed by atoms with Crippen LogP contribution < -0.4 is 0 Å². The molecule has 0 aliphatic heterocycles.